The smallest absolute Gasteiger partial charge is 0.331 e. The lowest BCUT2D eigenvalue weighted by Crippen LogP contribution is -2.62. The Hall–Kier alpha value is -2.55. The van der Waals surface area contributed by atoms with Crippen LogP contribution in [-0.2, 0) is 23.7 Å². The van der Waals surface area contributed by atoms with Crippen molar-refractivity contribution in [1.29, 1.82) is 0 Å². The van der Waals surface area contributed by atoms with Crippen LogP contribution in [0, 0.1) is 5.92 Å². The summed E-state index contributed by atoms with van der Waals surface area (Å²) < 4.78 is 22.2. The molecule has 1 aromatic carbocycles. The van der Waals surface area contributed by atoms with Crippen LogP contribution < -0.4 is 0 Å². The van der Waals surface area contributed by atoms with Crippen molar-refractivity contribution in [2.45, 2.75) is 67.6 Å². The highest BCUT2D eigenvalue weighted by Crippen LogP contribution is 2.51. The van der Waals surface area contributed by atoms with Gasteiger partial charge in [-0.15, -0.1) is 0 Å². The van der Waals surface area contributed by atoms with E-state index in [9.17, 15) is 40.5 Å². The number of phenols is 1. The lowest BCUT2D eigenvalue weighted by Gasteiger charge is -2.45. The van der Waals surface area contributed by atoms with E-state index >= 15 is 0 Å². The predicted molar refractivity (Wildman–Crippen MR) is 120 cm³/mol. The molecule has 1 aliphatic carbocycles. The maximum Gasteiger partial charge on any atom is 0.331 e. The quantitative estimate of drug-likeness (QED) is 0.173. The molecule has 0 aromatic heterocycles. The molecule has 7 N–H and O–H groups in total. The number of aliphatic hydroxyl groups is 6. The van der Waals surface area contributed by atoms with E-state index in [-0.39, 0.29) is 12.2 Å². The van der Waals surface area contributed by atoms with Gasteiger partial charge >= 0.3 is 5.97 Å². The normalized spacial score (nSPS) is 42.2. The number of carbonyl (C=O) groups excluding carboxylic acids is 1. The number of rotatable bonds is 6. The SMILES string of the molecule is C[C@]1(OC(=O)C=Cc2ccc(O)cc2)C[C@@H](O)[C@]2(O)C=CO[C@@H](O[C@@H]3O[C@H](CO)[C@@H](O)[C@H](O)[C@H]3O)C12. The molecule has 2 fully saturated rings. The highest BCUT2D eigenvalue weighted by molar-refractivity contribution is 5.87. The molecule has 0 amide bonds. The number of aliphatic hydroxyl groups excluding tert-OH is 5. The zero-order valence-corrected chi connectivity index (χ0v) is 19.3. The van der Waals surface area contributed by atoms with Gasteiger partial charge in [-0.2, -0.15) is 0 Å². The molecule has 1 aromatic rings. The Bertz CT molecular complexity index is 993. The topological polar surface area (TPSA) is 196 Å². The summed E-state index contributed by atoms with van der Waals surface area (Å²) in [5.41, 5.74) is -2.84. The molecule has 10 atom stereocenters. The second-order valence-electron chi connectivity index (χ2n) is 9.38. The fraction of sp³-hybridized carbons (Fsp3) is 0.542. The van der Waals surface area contributed by atoms with Gasteiger partial charge < -0.3 is 54.7 Å². The summed E-state index contributed by atoms with van der Waals surface area (Å²) in [5.74, 6) is -1.93. The molecular weight excluding hydrogens is 480 g/mol. The summed E-state index contributed by atoms with van der Waals surface area (Å²) in [6.07, 6.45) is -5.96. The fourth-order valence-corrected chi connectivity index (χ4v) is 4.94. The summed E-state index contributed by atoms with van der Waals surface area (Å²) in [6, 6.07) is 6.07. The number of aromatic hydroxyl groups is 1. The number of fused-ring (bicyclic) bond motifs is 1. The molecule has 0 spiro atoms. The van der Waals surface area contributed by atoms with Crippen LogP contribution >= 0.6 is 0 Å². The zero-order chi connectivity index (χ0) is 26.3. The molecule has 12 heteroatoms. The van der Waals surface area contributed by atoms with Gasteiger partial charge in [0.15, 0.2) is 6.29 Å². The first-order valence-electron chi connectivity index (χ1n) is 11.4. The molecule has 12 nitrogen and oxygen atoms in total. The maximum absolute atomic E-state index is 12.7. The van der Waals surface area contributed by atoms with Crippen LogP contribution in [-0.4, -0.2) is 103 Å². The van der Waals surface area contributed by atoms with Crippen molar-refractivity contribution in [3.8, 4) is 5.75 Å². The third kappa shape index (κ3) is 4.86. The Morgan fingerprint density at radius 3 is 2.47 bits per heavy atom. The van der Waals surface area contributed by atoms with E-state index < -0.39 is 72.8 Å². The molecule has 198 valence electrons. The average Bonchev–Trinajstić information content (AvgIpc) is 3.04. The van der Waals surface area contributed by atoms with E-state index in [1.54, 1.807) is 12.1 Å². The second kappa shape index (κ2) is 10.1. The Balaban J connectivity index is 1.54. The van der Waals surface area contributed by atoms with E-state index in [1.807, 2.05) is 0 Å². The van der Waals surface area contributed by atoms with Crippen molar-refractivity contribution < 1.29 is 59.5 Å². The van der Waals surface area contributed by atoms with E-state index in [2.05, 4.69) is 0 Å². The van der Waals surface area contributed by atoms with Crippen LogP contribution in [0.2, 0.25) is 0 Å². The van der Waals surface area contributed by atoms with Gasteiger partial charge in [-0.1, -0.05) is 12.1 Å². The van der Waals surface area contributed by atoms with Gasteiger partial charge in [-0.05, 0) is 36.8 Å². The number of carbonyl (C=O) groups is 1. The number of hydrogen-bond acceptors (Lipinski definition) is 12. The molecule has 1 unspecified atom stereocenters. The third-order valence-electron chi connectivity index (χ3n) is 6.86. The Kier molecular flexibility index (Phi) is 7.42. The molecule has 4 rings (SSSR count). The van der Waals surface area contributed by atoms with Gasteiger partial charge in [0.05, 0.1) is 24.9 Å². The lowest BCUT2D eigenvalue weighted by molar-refractivity contribution is -0.351. The first kappa shape index (κ1) is 26.5. The monoisotopic (exact) mass is 510 g/mol. The van der Waals surface area contributed by atoms with Crippen molar-refractivity contribution in [3.63, 3.8) is 0 Å². The Morgan fingerprint density at radius 1 is 1.11 bits per heavy atom. The number of hydrogen-bond donors (Lipinski definition) is 7. The van der Waals surface area contributed by atoms with Gasteiger partial charge in [0.25, 0.3) is 0 Å². The summed E-state index contributed by atoms with van der Waals surface area (Å²) in [7, 11) is 0. The van der Waals surface area contributed by atoms with Crippen LogP contribution in [0.15, 0.2) is 42.7 Å². The van der Waals surface area contributed by atoms with Crippen LogP contribution in [0.25, 0.3) is 6.08 Å². The van der Waals surface area contributed by atoms with Crippen molar-refractivity contribution in [1.82, 2.24) is 0 Å². The minimum Gasteiger partial charge on any atom is -0.508 e. The van der Waals surface area contributed by atoms with Crippen LogP contribution in [0.4, 0.5) is 0 Å². The van der Waals surface area contributed by atoms with Crippen molar-refractivity contribution in [2.75, 3.05) is 6.61 Å². The highest BCUT2D eigenvalue weighted by Gasteiger charge is 2.66. The highest BCUT2D eigenvalue weighted by atomic mass is 16.8. The summed E-state index contributed by atoms with van der Waals surface area (Å²) in [4.78, 5) is 12.7. The van der Waals surface area contributed by atoms with Crippen molar-refractivity contribution in [3.05, 3.63) is 48.2 Å². The molecule has 0 radical (unpaired) electrons. The van der Waals surface area contributed by atoms with Crippen molar-refractivity contribution >= 4 is 12.0 Å². The van der Waals surface area contributed by atoms with Gasteiger partial charge in [-0.3, -0.25) is 0 Å². The summed E-state index contributed by atoms with van der Waals surface area (Å²) in [6.45, 7) is 0.808. The minimum atomic E-state index is -1.94. The van der Waals surface area contributed by atoms with Gasteiger partial charge in [0, 0.05) is 12.5 Å². The van der Waals surface area contributed by atoms with E-state index in [1.165, 1.54) is 31.2 Å². The lowest BCUT2D eigenvalue weighted by atomic mass is 9.81. The second-order valence-corrected chi connectivity index (χ2v) is 9.38. The molecule has 0 bridgehead atoms. The Morgan fingerprint density at radius 2 is 1.81 bits per heavy atom. The number of ether oxygens (including phenoxy) is 4. The molecule has 1 saturated carbocycles. The number of phenolic OH excluding ortho intramolecular Hbond substituents is 1. The summed E-state index contributed by atoms with van der Waals surface area (Å²) in [5, 5.41) is 71.1. The molecule has 1 saturated heterocycles. The van der Waals surface area contributed by atoms with E-state index in [0.29, 0.717) is 5.56 Å². The van der Waals surface area contributed by atoms with Crippen molar-refractivity contribution in [2.24, 2.45) is 5.92 Å². The molecule has 3 aliphatic rings. The maximum atomic E-state index is 12.7. The van der Waals surface area contributed by atoms with Crippen LogP contribution in [0.1, 0.15) is 18.9 Å². The van der Waals surface area contributed by atoms with E-state index in [0.717, 1.165) is 12.3 Å². The van der Waals surface area contributed by atoms with Gasteiger partial charge in [0.1, 0.15) is 41.4 Å². The third-order valence-corrected chi connectivity index (χ3v) is 6.86. The largest absolute Gasteiger partial charge is 0.508 e. The van der Waals surface area contributed by atoms with Gasteiger partial charge in [0.2, 0.25) is 6.29 Å². The average molecular weight is 510 g/mol. The standard InChI is InChI=1S/C24H30O12/c1-23(36-16(28)7-4-12-2-5-13(26)6-3-12)10-15(27)24(32)8-9-33-22(20(23)24)35-21-19(31)18(30)17(29)14(11-25)34-21/h2-9,14-15,17-22,25-27,29-32H,10-11H2,1H3/t14-,15-,17-,18+,19-,20?,21+,22+,23+,24-/m1/s1. The number of benzene rings is 1. The first-order chi connectivity index (χ1) is 17.0. The molecule has 36 heavy (non-hydrogen) atoms. The van der Waals surface area contributed by atoms with Crippen LogP contribution in [0.3, 0.4) is 0 Å². The molecular formula is C24H30O12. The zero-order valence-electron chi connectivity index (χ0n) is 19.3. The summed E-state index contributed by atoms with van der Waals surface area (Å²) >= 11 is 0. The predicted octanol–water partition coefficient (Wildman–Crippen LogP) is -1.49. The minimum absolute atomic E-state index is 0.0669. The fourth-order valence-electron chi connectivity index (χ4n) is 4.94. The molecule has 2 aliphatic heterocycles. The van der Waals surface area contributed by atoms with E-state index in [4.69, 9.17) is 18.9 Å². The number of esters is 1. The first-order valence-corrected chi connectivity index (χ1v) is 11.4. The Labute approximate surface area is 206 Å². The van der Waals surface area contributed by atoms with Crippen LogP contribution in [0.5, 0.6) is 5.75 Å². The van der Waals surface area contributed by atoms with Gasteiger partial charge in [-0.25, -0.2) is 4.79 Å². The molecule has 2 heterocycles.